The van der Waals surface area contributed by atoms with Crippen LogP contribution >= 0.6 is 0 Å². The number of benzene rings is 2. The van der Waals surface area contributed by atoms with Gasteiger partial charge >= 0.3 is 0 Å². The van der Waals surface area contributed by atoms with Gasteiger partial charge in [-0.25, -0.2) is 0 Å². The van der Waals surface area contributed by atoms with Gasteiger partial charge < -0.3 is 5.11 Å². The number of ketones is 3. The Morgan fingerprint density at radius 3 is 1.66 bits per heavy atom. The predicted molar refractivity (Wildman–Crippen MR) is 108 cm³/mol. The van der Waals surface area contributed by atoms with Crippen LogP contribution in [0.5, 0.6) is 0 Å². The minimum Gasteiger partial charge on any atom is -0.872 e. The van der Waals surface area contributed by atoms with E-state index in [2.05, 4.69) is 0 Å². The maximum Gasteiger partial charge on any atom is 0.197 e. The number of Topliss-reactive ketones (excluding diaryl/α,β-unsaturated/α-hetero) is 3. The van der Waals surface area contributed by atoms with Crippen molar-refractivity contribution >= 4 is 23.1 Å². The van der Waals surface area contributed by atoms with Gasteiger partial charge in [0.25, 0.3) is 0 Å². The van der Waals surface area contributed by atoms with Crippen molar-refractivity contribution in [1.82, 2.24) is 0 Å². The Morgan fingerprint density at radius 1 is 0.586 bits per heavy atom. The normalized spacial score (nSPS) is 16.0. The molecule has 4 rings (SSSR count). The monoisotopic (exact) mass is 379 g/mol. The molecule has 0 bridgehead atoms. The molecule has 2 aliphatic carbocycles. The number of hydrogen-bond acceptors (Lipinski definition) is 4. The molecule has 4 heteroatoms. The van der Waals surface area contributed by atoms with Gasteiger partial charge in [-0.3, -0.25) is 14.4 Å². The Hall–Kier alpha value is -4.05. The van der Waals surface area contributed by atoms with Crippen LogP contribution in [-0.2, 0) is 0 Å². The topological polar surface area (TPSA) is 74.3 Å². The summed E-state index contributed by atoms with van der Waals surface area (Å²) in [5.74, 6) is -1.08. The number of carbonyl (C=O) groups excluding carboxylic acids is 3. The summed E-state index contributed by atoms with van der Waals surface area (Å²) in [5, 5.41) is 12.3. The molecule has 0 fully saturated rings. The van der Waals surface area contributed by atoms with Crippen LogP contribution in [0, 0.1) is 0 Å². The molecule has 0 amide bonds. The lowest BCUT2D eigenvalue weighted by Gasteiger charge is -2.08. The third kappa shape index (κ3) is 3.21. The molecular weight excluding hydrogens is 364 g/mol. The molecule has 0 heterocycles. The van der Waals surface area contributed by atoms with Crippen molar-refractivity contribution in [3.63, 3.8) is 0 Å². The largest absolute Gasteiger partial charge is 0.872 e. The van der Waals surface area contributed by atoms with Crippen LogP contribution in [0.4, 0.5) is 0 Å². The molecule has 0 saturated heterocycles. The SMILES string of the molecule is O=C1C(=C/C=C/C=C/C=C/C2=C([O-])c3ccccc3C2=O)C(=O)c2ccccc21. The molecule has 4 nitrogen and oxygen atoms in total. The van der Waals surface area contributed by atoms with Crippen molar-refractivity contribution in [1.29, 1.82) is 0 Å². The van der Waals surface area contributed by atoms with Crippen LogP contribution in [0.3, 0.4) is 0 Å². The van der Waals surface area contributed by atoms with Crippen LogP contribution in [0.1, 0.15) is 36.6 Å². The average molecular weight is 379 g/mol. The molecule has 0 unspecified atom stereocenters. The van der Waals surface area contributed by atoms with Crippen LogP contribution in [0.25, 0.3) is 5.76 Å². The first-order valence-corrected chi connectivity index (χ1v) is 9.05. The molecule has 2 aromatic rings. The van der Waals surface area contributed by atoms with E-state index in [-0.39, 0.29) is 34.3 Å². The fraction of sp³-hybridized carbons (Fsp3) is 0. The zero-order chi connectivity index (χ0) is 20.4. The first-order chi connectivity index (χ1) is 14.1. The summed E-state index contributed by atoms with van der Waals surface area (Å²) >= 11 is 0. The molecule has 140 valence electrons. The van der Waals surface area contributed by atoms with Crippen molar-refractivity contribution in [2.45, 2.75) is 0 Å². The maximum absolute atomic E-state index is 12.3. The summed E-state index contributed by atoms with van der Waals surface area (Å²) in [7, 11) is 0. The van der Waals surface area contributed by atoms with E-state index in [0.717, 1.165) is 0 Å². The maximum atomic E-state index is 12.3. The fourth-order valence-electron chi connectivity index (χ4n) is 3.34. The van der Waals surface area contributed by atoms with Crippen molar-refractivity contribution in [2.75, 3.05) is 0 Å². The van der Waals surface area contributed by atoms with Gasteiger partial charge in [-0.2, -0.15) is 0 Å². The minimum atomic E-state index is -0.270. The van der Waals surface area contributed by atoms with Gasteiger partial charge in [0.15, 0.2) is 17.3 Å². The number of rotatable bonds is 4. The summed E-state index contributed by atoms with van der Waals surface area (Å²) in [4.78, 5) is 36.8. The summed E-state index contributed by atoms with van der Waals surface area (Å²) in [6.07, 6.45) is 11.2. The van der Waals surface area contributed by atoms with E-state index in [1.54, 1.807) is 78.9 Å². The van der Waals surface area contributed by atoms with Gasteiger partial charge in [0, 0.05) is 22.3 Å². The summed E-state index contributed by atoms with van der Waals surface area (Å²) in [6, 6.07) is 13.5. The molecule has 0 aliphatic heterocycles. The molecule has 0 spiro atoms. The highest BCUT2D eigenvalue weighted by molar-refractivity contribution is 6.39. The lowest BCUT2D eigenvalue weighted by Crippen LogP contribution is -2.02. The highest BCUT2D eigenvalue weighted by Crippen LogP contribution is 2.29. The Labute approximate surface area is 167 Å². The van der Waals surface area contributed by atoms with E-state index in [1.807, 2.05) is 0 Å². The Morgan fingerprint density at radius 2 is 1.07 bits per heavy atom. The standard InChI is InChI=1S/C25H16O4/c26-22-16-10-6-7-11-17(16)23(27)20(22)14-4-2-1-3-5-15-21-24(28)18-12-8-9-13-19(18)25(21)29/h1-15,26H/p-1/b2-1+,5-3+,14-4+. The van der Waals surface area contributed by atoms with Crippen LogP contribution in [-0.4, -0.2) is 17.3 Å². The lowest BCUT2D eigenvalue weighted by atomic mass is 10.1. The van der Waals surface area contributed by atoms with E-state index in [0.29, 0.717) is 22.3 Å². The summed E-state index contributed by atoms with van der Waals surface area (Å²) in [5.41, 5.74) is 2.00. The Balaban J connectivity index is 1.42. The van der Waals surface area contributed by atoms with E-state index in [1.165, 1.54) is 12.2 Å². The predicted octanol–water partition coefficient (Wildman–Crippen LogP) is 3.63. The zero-order valence-electron chi connectivity index (χ0n) is 15.3. The van der Waals surface area contributed by atoms with E-state index in [4.69, 9.17) is 0 Å². The van der Waals surface area contributed by atoms with Crippen LogP contribution in [0.2, 0.25) is 0 Å². The van der Waals surface area contributed by atoms with E-state index in [9.17, 15) is 19.5 Å². The number of fused-ring (bicyclic) bond motifs is 2. The Kier molecular flexibility index (Phi) is 4.75. The first-order valence-electron chi connectivity index (χ1n) is 9.05. The molecule has 0 aromatic heterocycles. The molecule has 2 aromatic carbocycles. The molecule has 0 N–H and O–H groups in total. The average Bonchev–Trinajstić information content (AvgIpc) is 3.13. The van der Waals surface area contributed by atoms with Crippen LogP contribution in [0.15, 0.2) is 102 Å². The van der Waals surface area contributed by atoms with Crippen molar-refractivity contribution in [2.24, 2.45) is 0 Å². The summed E-state index contributed by atoms with van der Waals surface area (Å²) in [6.45, 7) is 0. The van der Waals surface area contributed by atoms with Gasteiger partial charge in [-0.1, -0.05) is 90.7 Å². The van der Waals surface area contributed by atoms with Gasteiger partial charge in [0.05, 0.1) is 5.57 Å². The highest BCUT2D eigenvalue weighted by atomic mass is 16.3. The van der Waals surface area contributed by atoms with Crippen molar-refractivity contribution < 1.29 is 19.5 Å². The van der Waals surface area contributed by atoms with Crippen LogP contribution < -0.4 is 5.11 Å². The first kappa shape index (κ1) is 18.3. The van der Waals surface area contributed by atoms with Gasteiger partial charge in [-0.15, -0.1) is 0 Å². The van der Waals surface area contributed by atoms with E-state index >= 15 is 0 Å². The Bertz CT molecular complexity index is 1170. The molecule has 29 heavy (non-hydrogen) atoms. The molecule has 0 atom stereocenters. The second-order valence-electron chi connectivity index (χ2n) is 6.53. The third-order valence-corrected chi connectivity index (χ3v) is 4.78. The van der Waals surface area contributed by atoms with E-state index < -0.39 is 0 Å². The zero-order valence-corrected chi connectivity index (χ0v) is 15.3. The third-order valence-electron chi connectivity index (χ3n) is 4.78. The van der Waals surface area contributed by atoms with Gasteiger partial charge in [0.1, 0.15) is 0 Å². The number of carbonyl (C=O) groups is 3. The summed E-state index contributed by atoms with van der Waals surface area (Å²) < 4.78 is 0. The molecule has 0 radical (unpaired) electrons. The van der Waals surface area contributed by atoms with Gasteiger partial charge in [0.2, 0.25) is 0 Å². The quantitative estimate of drug-likeness (QED) is 0.462. The van der Waals surface area contributed by atoms with Crippen molar-refractivity contribution in [3.05, 3.63) is 124 Å². The minimum absolute atomic E-state index is 0.141. The second-order valence-corrected chi connectivity index (χ2v) is 6.53. The molecule has 0 saturated carbocycles. The molecule has 2 aliphatic rings. The number of hydrogen-bond donors (Lipinski definition) is 0. The fourth-order valence-corrected chi connectivity index (χ4v) is 3.34. The lowest BCUT2D eigenvalue weighted by molar-refractivity contribution is -0.244. The van der Waals surface area contributed by atoms with Crippen molar-refractivity contribution in [3.8, 4) is 0 Å². The second kappa shape index (κ2) is 7.52. The number of allylic oxidation sites excluding steroid dienone is 9. The highest BCUT2D eigenvalue weighted by Gasteiger charge is 2.31. The molecular formula is C25H15O4-. The van der Waals surface area contributed by atoms with Gasteiger partial charge in [-0.05, 0) is 11.6 Å². The smallest absolute Gasteiger partial charge is 0.197 e.